The Kier molecular flexibility index (Phi) is 5.22. The highest BCUT2D eigenvalue weighted by atomic mass is 35.5. The molecule has 2 aromatic heterocycles. The first-order chi connectivity index (χ1) is 13.0. The Morgan fingerprint density at radius 1 is 1.04 bits per heavy atom. The number of halogens is 1. The third kappa shape index (κ3) is 4.20. The molecule has 0 aliphatic carbocycles. The first-order valence-corrected chi connectivity index (χ1v) is 10.5. The van der Waals surface area contributed by atoms with Crippen LogP contribution in [-0.2, 0) is 9.84 Å². The number of nitrogens with zero attached hydrogens (tertiary/aromatic N) is 4. The van der Waals surface area contributed by atoms with E-state index in [2.05, 4.69) is 20.4 Å². The van der Waals surface area contributed by atoms with Crippen LogP contribution in [0.4, 0.5) is 5.82 Å². The van der Waals surface area contributed by atoms with E-state index >= 15 is 0 Å². The van der Waals surface area contributed by atoms with E-state index < -0.39 is 15.7 Å². The molecule has 0 aliphatic rings. The SMILES string of the molecule is Cc1cc(C)nc(-n2nc(C)cc2NC(=O)c2cc(S(C)(=O)=O)ccc2Cl)n1. The first kappa shape index (κ1) is 20.0. The smallest absolute Gasteiger partial charge is 0.258 e. The number of sulfone groups is 1. The fourth-order valence-corrected chi connectivity index (χ4v) is 3.49. The van der Waals surface area contributed by atoms with Gasteiger partial charge in [-0.25, -0.2) is 18.4 Å². The van der Waals surface area contributed by atoms with Crippen LogP contribution in [0.5, 0.6) is 0 Å². The lowest BCUT2D eigenvalue weighted by molar-refractivity contribution is 0.102. The molecular formula is C18H18ClN5O3S. The minimum atomic E-state index is -3.48. The topological polar surface area (TPSA) is 107 Å². The third-order valence-corrected chi connectivity index (χ3v) is 5.28. The largest absolute Gasteiger partial charge is 0.306 e. The van der Waals surface area contributed by atoms with Gasteiger partial charge in [-0.05, 0) is 45.0 Å². The maximum absolute atomic E-state index is 12.8. The number of rotatable bonds is 4. The zero-order valence-electron chi connectivity index (χ0n) is 15.7. The molecule has 0 aliphatic heterocycles. The van der Waals surface area contributed by atoms with Crippen molar-refractivity contribution in [2.75, 3.05) is 11.6 Å². The second kappa shape index (κ2) is 7.33. The average molecular weight is 420 g/mol. The summed E-state index contributed by atoms with van der Waals surface area (Å²) < 4.78 is 25.0. The number of anilines is 1. The Balaban J connectivity index is 2.00. The minimum Gasteiger partial charge on any atom is -0.306 e. The van der Waals surface area contributed by atoms with Crippen LogP contribution in [-0.4, -0.2) is 40.3 Å². The molecule has 1 amide bonds. The summed E-state index contributed by atoms with van der Waals surface area (Å²) in [5.41, 5.74) is 2.21. The molecule has 0 atom stereocenters. The van der Waals surface area contributed by atoms with Crippen LogP contribution in [0.25, 0.3) is 5.95 Å². The Labute approximate surface area is 167 Å². The minimum absolute atomic E-state index is 0.00406. The van der Waals surface area contributed by atoms with Crippen molar-refractivity contribution in [3.8, 4) is 5.95 Å². The summed E-state index contributed by atoms with van der Waals surface area (Å²) in [6.07, 6.45) is 1.06. The molecule has 3 aromatic rings. The van der Waals surface area contributed by atoms with Gasteiger partial charge in [0.25, 0.3) is 11.9 Å². The summed E-state index contributed by atoms with van der Waals surface area (Å²) in [7, 11) is -3.48. The van der Waals surface area contributed by atoms with E-state index in [0.717, 1.165) is 17.6 Å². The molecule has 0 saturated heterocycles. The lowest BCUT2D eigenvalue weighted by Crippen LogP contribution is -2.17. The van der Waals surface area contributed by atoms with Gasteiger partial charge in [0.05, 0.1) is 21.2 Å². The standard InChI is InChI=1S/C18H18ClN5O3S/c1-10-7-11(2)21-18(20-10)24-16(8-12(3)23-24)22-17(25)14-9-13(28(4,26)27)5-6-15(14)19/h5-9H,1-4H3,(H,22,25). The zero-order chi connectivity index (χ0) is 20.6. The van der Waals surface area contributed by atoms with Crippen molar-refractivity contribution in [2.24, 2.45) is 0 Å². The monoisotopic (exact) mass is 419 g/mol. The number of carbonyl (C=O) groups is 1. The zero-order valence-corrected chi connectivity index (χ0v) is 17.3. The molecule has 1 aromatic carbocycles. The molecule has 10 heteroatoms. The highest BCUT2D eigenvalue weighted by Crippen LogP contribution is 2.23. The van der Waals surface area contributed by atoms with Crippen LogP contribution >= 0.6 is 11.6 Å². The predicted molar refractivity (Wildman–Crippen MR) is 106 cm³/mol. The molecule has 8 nitrogen and oxygen atoms in total. The lowest BCUT2D eigenvalue weighted by atomic mass is 10.2. The predicted octanol–water partition coefficient (Wildman–Crippen LogP) is 2.90. The van der Waals surface area contributed by atoms with Crippen molar-refractivity contribution in [1.82, 2.24) is 19.7 Å². The van der Waals surface area contributed by atoms with Crippen molar-refractivity contribution in [2.45, 2.75) is 25.7 Å². The van der Waals surface area contributed by atoms with Gasteiger partial charge in [0.2, 0.25) is 0 Å². The van der Waals surface area contributed by atoms with Crippen molar-refractivity contribution in [3.63, 3.8) is 0 Å². The molecule has 0 fully saturated rings. The number of hydrogen-bond donors (Lipinski definition) is 1. The summed E-state index contributed by atoms with van der Waals surface area (Å²) in [5, 5.41) is 7.18. The molecule has 3 rings (SSSR count). The van der Waals surface area contributed by atoms with Crippen LogP contribution in [0.15, 0.2) is 35.2 Å². The second-order valence-corrected chi connectivity index (χ2v) is 8.82. The molecular weight excluding hydrogens is 402 g/mol. The molecule has 1 N–H and O–H groups in total. The van der Waals surface area contributed by atoms with Gasteiger partial charge in [-0.15, -0.1) is 0 Å². The van der Waals surface area contributed by atoms with Crippen molar-refractivity contribution in [1.29, 1.82) is 0 Å². The Bertz CT molecular complexity index is 1170. The van der Waals surface area contributed by atoms with Gasteiger partial charge in [-0.3, -0.25) is 4.79 Å². The fourth-order valence-electron chi connectivity index (χ4n) is 2.64. The number of hydrogen-bond acceptors (Lipinski definition) is 6. The van der Waals surface area contributed by atoms with E-state index in [0.29, 0.717) is 17.5 Å². The van der Waals surface area contributed by atoms with Crippen molar-refractivity contribution >= 4 is 33.2 Å². The third-order valence-electron chi connectivity index (χ3n) is 3.84. The van der Waals surface area contributed by atoms with Gasteiger partial charge >= 0.3 is 0 Å². The number of nitrogens with one attached hydrogen (secondary N) is 1. The van der Waals surface area contributed by atoms with Crippen molar-refractivity contribution < 1.29 is 13.2 Å². The summed E-state index contributed by atoms with van der Waals surface area (Å²) in [5.74, 6) is 0.0891. The number of carbonyl (C=O) groups excluding carboxylic acids is 1. The highest BCUT2D eigenvalue weighted by Gasteiger charge is 2.19. The van der Waals surface area contributed by atoms with Crippen LogP contribution in [0.1, 0.15) is 27.4 Å². The Hall–Kier alpha value is -2.78. The molecule has 28 heavy (non-hydrogen) atoms. The number of aryl methyl sites for hydroxylation is 3. The molecule has 2 heterocycles. The van der Waals surface area contributed by atoms with Gasteiger partial charge in [-0.1, -0.05) is 11.6 Å². The maximum Gasteiger partial charge on any atom is 0.258 e. The number of amides is 1. The van der Waals surface area contributed by atoms with Gasteiger partial charge in [0.15, 0.2) is 9.84 Å². The average Bonchev–Trinajstić information content (AvgIpc) is 2.93. The van der Waals surface area contributed by atoms with Gasteiger partial charge in [0.1, 0.15) is 5.82 Å². The molecule has 0 bridgehead atoms. The van der Waals surface area contributed by atoms with Gasteiger partial charge in [-0.2, -0.15) is 9.78 Å². The Morgan fingerprint density at radius 2 is 1.68 bits per heavy atom. The van der Waals surface area contributed by atoms with E-state index in [-0.39, 0.29) is 15.5 Å². The van der Waals surface area contributed by atoms with Crippen LogP contribution in [0.3, 0.4) is 0 Å². The second-order valence-electron chi connectivity index (χ2n) is 6.40. The summed E-state index contributed by atoms with van der Waals surface area (Å²) in [6.45, 7) is 5.44. The van der Waals surface area contributed by atoms with E-state index in [1.165, 1.54) is 22.9 Å². The fraction of sp³-hybridized carbons (Fsp3) is 0.222. The Morgan fingerprint density at radius 3 is 2.29 bits per heavy atom. The number of benzene rings is 1. The van der Waals surface area contributed by atoms with Crippen LogP contribution in [0, 0.1) is 20.8 Å². The molecule has 146 valence electrons. The van der Waals surface area contributed by atoms with Gasteiger partial charge < -0.3 is 5.32 Å². The summed E-state index contributed by atoms with van der Waals surface area (Å²) >= 11 is 6.11. The van der Waals surface area contributed by atoms with Crippen molar-refractivity contribution in [3.05, 3.63) is 58.0 Å². The van der Waals surface area contributed by atoms with Crippen LogP contribution in [0.2, 0.25) is 5.02 Å². The summed E-state index contributed by atoms with van der Waals surface area (Å²) in [6, 6.07) is 7.46. The maximum atomic E-state index is 12.8. The molecule has 0 radical (unpaired) electrons. The lowest BCUT2D eigenvalue weighted by Gasteiger charge is -2.10. The molecule has 0 saturated carbocycles. The van der Waals surface area contributed by atoms with Crippen LogP contribution < -0.4 is 5.32 Å². The molecule has 0 spiro atoms. The van der Waals surface area contributed by atoms with E-state index in [1.54, 1.807) is 13.0 Å². The normalized spacial score (nSPS) is 11.5. The van der Waals surface area contributed by atoms with E-state index in [1.807, 2.05) is 19.9 Å². The number of aromatic nitrogens is 4. The van der Waals surface area contributed by atoms with E-state index in [4.69, 9.17) is 11.6 Å². The quantitative estimate of drug-likeness (QED) is 0.696. The van der Waals surface area contributed by atoms with Gasteiger partial charge in [0, 0.05) is 23.7 Å². The first-order valence-electron chi connectivity index (χ1n) is 8.25. The summed E-state index contributed by atoms with van der Waals surface area (Å²) in [4.78, 5) is 21.5. The highest BCUT2D eigenvalue weighted by molar-refractivity contribution is 7.90. The van der Waals surface area contributed by atoms with E-state index in [9.17, 15) is 13.2 Å². The molecule has 0 unspecified atom stereocenters.